The summed E-state index contributed by atoms with van der Waals surface area (Å²) in [5.41, 5.74) is 1.17. The van der Waals surface area contributed by atoms with Crippen LogP contribution in [-0.4, -0.2) is 30.8 Å². The predicted octanol–water partition coefficient (Wildman–Crippen LogP) is 3.37. The highest BCUT2D eigenvalue weighted by atomic mass is 19.3. The number of allylic oxidation sites excluding steroid dienone is 1. The Hall–Kier alpha value is -0.620. The number of hydrogen-bond acceptors (Lipinski definition) is 2. The van der Waals surface area contributed by atoms with Crippen LogP contribution in [0.5, 0.6) is 0 Å². The molecule has 0 spiro atoms. The molecule has 0 aromatic carbocycles. The van der Waals surface area contributed by atoms with Gasteiger partial charge in [-0.15, -0.1) is 6.58 Å². The lowest BCUT2D eigenvalue weighted by Crippen LogP contribution is -2.64. The van der Waals surface area contributed by atoms with Gasteiger partial charge in [-0.25, -0.2) is 0 Å². The fourth-order valence-electron chi connectivity index (χ4n) is 1.27. The Kier molecular flexibility index (Phi) is 4.19. The molecule has 6 heteroatoms. The maximum atomic E-state index is 12.5. The van der Waals surface area contributed by atoms with Crippen LogP contribution in [0.1, 0.15) is 26.7 Å². The summed E-state index contributed by atoms with van der Waals surface area (Å²) in [6, 6.07) is 0. The zero-order valence-corrected chi connectivity index (χ0v) is 9.81. The Morgan fingerprint density at radius 2 is 1.71 bits per heavy atom. The van der Waals surface area contributed by atoms with Crippen LogP contribution in [0.15, 0.2) is 12.2 Å². The first-order chi connectivity index (χ1) is 7.67. The van der Waals surface area contributed by atoms with E-state index in [1.807, 2.05) is 13.8 Å². The molecule has 2 aliphatic rings. The van der Waals surface area contributed by atoms with Crippen LogP contribution in [0.2, 0.25) is 0 Å². The van der Waals surface area contributed by atoms with Crippen LogP contribution in [-0.2, 0) is 9.47 Å². The van der Waals surface area contributed by atoms with Crippen molar-refractivity contribution < 1.29 is 27.0 Å². The lowest BCUT2D eigenvalue weighted by Gasteiger charge is -2.43. The monoisotopic (exact) mass is 256 g/mol. The Morgan fingerprint density at radius 1 is 1.24 bits per heavy atom. The van der Waals surface area contributed by atoms with Gasteiger partial charge in [-0.05, 0) is 26.7 Å². The summed E-state index contributed by atoms with van der Waals surface area (Å²) in [4.78, 5) is 0. The lowest BCUT2D eigenvalue weighted by molar-refractivity contribution is -0.477. The van der Waals surface area contributed by atoms with E-state index in [4.69, 9.17) is 4.74 Å². The van der Waals surface area contributed by atoms with Crippen molar-refractivity contribution in [1.29, 1.82) is 0 Å². The van der Waals surface area contributed by atoms with Crippen LogP contribution in [0, 0.1) is 0 Å². The van der Waals surface area contributed by atoms with Crippen molar-refractivity contribution >= 4 is 0 Å². The van der Waals surface area contributed by atoms with Gasteiger partial charge < -0.3 is 9.47 Å². The fraction of sp³-hybridized carbons (Fsp3) is 0.818. The Labute approximate surface area is 97.6 Å². The standard InChI is InChI=1S/C7H8F4O2.C4H8/c8-6(9)5(13-7(6,10)11)2-1-4-3-12-4;1-4(2)3/h4-5H,1-3H2;1H2,2-3H3. The minimum Gasteiger partial charge on any atom is -0.373 e. The van der Waals surface area contributed by atoms with E-state index in [1.165, 1.54) is 5.57 Å². The normalized spacial score (nSPS) is 31.9. The predicted molar refractivity (Wildman–Crippen MR) is 54.2 cm³/mol. The van der Waals surface area contributed by atoms with Crippen molar-refractivity contribution in [2.75, 3.05) is 6.61 Å². The fourth-order valence-corrected chi connectivity index (χ4v) is 1.27. The molecule has 2 nitrogen and oxygen atoms in total. The summed E-state index contributed by atoms with van der Waals surface area (Å²) in [5.74, 6) is -4.01. The highest BCUT2D eigenvalue weighted by Crippen LogP contribution is 2.51. The molecule has 0 bridgehead atoms. The highest BCUT2D eigenvalue weighted by Gasteiger charge is 2.73. The van der Waals surface area contributed by atoms with Crippen LogP contribution >= 0.6 is 0 Å². The summed E-state index contributed by atoms with van der Waals surface area (Å²) >= 11 is 0. The lowest BCUT2D eigenvalue weighted by atomic mass is 10.00. The van der Waals surface area contributed by atoms with Crippen molar-refractivity contribution in [3.63, 3.8) is 0 Å². The maximum absolute atomic E-state index is 12.5. The topological polar surface area (TPSA) is 21.8 Å². The highest BCUT2D eigenvalue weighted by molar-refractivity contribution is 4.96. The Morgan fingerprint density at radius 3 is 2.00 bits per heavy atom. The number of ether oxygens (including phenoxy) is 2. The van der Waals surface area contributed by atoms with Gasteiger partial charge in [0.25, 0.3) is 0 Å². The average Bonchev–Trinajstić information content (AvgIpc) is 2.94. The summed E-state index contributed by atoms with van der Waals surface area (Å²) in [6.07, 6.45) is -5.67. The van der Waals surface area contributed by atoms with Gasteiger partial charge in [-0.2, -0.15) is 17.6 Å². The van der Waals surface area contributed by atoms with Crippen LogP contribution in [0.3, 0.4) is 0 Å². The molecule has 0 saturated carbocycles. The van der Waals surface area contributed by atoms with E-state index in [-0.39, 0.29) is 12.5 Å². The second-order valence-corrected chi connectivity index (χ2v) is 4.49. The number of epoxide rings is 1. The molecule has 0 aromatic heterocycles. The second kappa shape index (κ2) is 4.94. The molecule has 2 heterocycles. The second-order valence-electron chi connectivity index (χ2n) is 4.49. The van der Waals surface area contributed by atoms with Gasteiger partial charge in [0.05, 0.1) is 12.7 Å². The smallest absolute Gasteiger partial charge is 0.373 e. The molecule has 17 heavy (non-hydrogen) atoms. The molecular weight excluding hydrogens is 240 g/mol. The summed E-state index contributed by atoms with van der Waals surface area (Å²) in [7, 11) is 0. The van der Waals surface area contributed by atoms with Gasteiger partial charge in [-0.1, -0.05) is 5.57 Å². The van der Waals surface area contributed by atoms with Crippen molar-refractivity contribution in [1.82, 2.24) is 0 Å². The molecule has 0 N–H and O–H groups in total. The van der Waals surface area contributed by atoms with E-state index in [0.717, 1.165) is 0 Å². The van der Waals surface area contributed by atoms with Crippen LogP contribution in [0.4, 0.5) is 17.6 Å². The number of halogens is 4. The molecule has 2 atom stereocenters. The Bertz CT molecular complexity index is 283. The van der Waals surface area contributed by atoms with Gasteiger partial charge in [0.1, 0.15) is 6.10 Å². The molecule has 100 valence electrons. The van der Waals surface area contributed by atoms with Gasteiger partial charge >= 0.3 is 12.0 Å². The Balaban J connectivity index is 0.000000317. The maximum Gasteiger partial charge on any atom is 0.422 e. The van der Waals surface area contributed by atoms with Crippen LogP contribution in [0.25, 0.3) is 0 Å². The third-order valence-electron chi connectivity index (χ3n) is 2.24. The van der Waals surface area contributed by atoms with E-state index < -0.39 is 18.1 Å². The number of rotatable bonds is 3. The largest absolute Gasteiger partial charge is 0.422 e. The zero-order valence-electron chi connectivity index (χ0n) is 9.81. The molecule has 2 aliphatic heterocycles. The minimum absolute atomic E-state index is 0.0337. The van der Waals surface area contributed by atoms with E-state index in [9.17, 15) is 17.6 Å². The van der Waals surface area contributed by atoms with Gasteiger partial charge in [0.15, 0.2) is 0 Å². The summed E-state index contributed by atoms with van der Waals surface area (Å²) in [5, 5.41) is 0. The molecular formula is C11H16F4O2. The number of alkyl halides is 4. The van der Waals surface area contributed by atoms with Gasteiger partial charge in [-0.3, -0.25) is 0 Å². The molecule has 0 aliphatic carbocycles. The van der Waals surface area contributed by atoms with Crippen molar-refractivity contribution in [2.45, 2.75) is 50.9 Å². The summed E-state index contributed by atoms with van der Waals surface area (Å²) in [6.45, 7) is 8.04. The first kappa shape index (κ1) is 14.4. The number of hydrogen-bond donors (Lipinski definition) is 0. The molecule has 2 saturated heterocycles. The SMILES string of the molecule is C=C(C)C.FC1(F)OC(CCC2CO2)C1(F)F. The van der Waals surface area contributed by atoms with E-state index in [0.29, 0.717) is 13.0 Å². The molecule has 2 rings (SSSR count). The molecule has 0 radical (unpaired) electrons. The van der Waals surface area contributed by atoms with E-state index >= 15 is 0 Å². The van der Waals surface area contributed by atoms with E-state index in [1.54, 1.807) is 0 Å². The minimum atomic E-state index is -4.28. The van der Waals surface area contributed by atoms with Gasteiger partial charge in [0.2, 0.25) is 0 Å². The third-order valence-corrected chi connectivity index (χ3v) is 2.24. The molecule has 2 fully saturated rings. The first-order valence-corrected chi connectivity index (χ1v) is 5.34. The zero-order chi connectivity index (χ0) is 13.3. The quantitative estimate of drug-likeness (QED) is 0.438. The van der Waals surface area contributed by atoms with E-state index in [2.05, 4.69) is 11.3 Å². The van der Waals surface area contributed by atoms with Crippen molar-refractivity contribution in [3.8, 4) is 0 Å². The average molecular weight is 256 g/mol. The van der Waals surface area contributed by atoms with Gasteiger partial charge in [0, 0.05) is 0 Å². The molecule has 0 amide bonds. The van der Waals surface area contributed by atoms with Crippen LogP contribution < -0.4 is 0 Å². The van der Waals surface area contributed by atoms with Crippen molar-refractivity contribution in [2.24, 2.45) is 0 Å². The molecule has 0 aromatic rings. The molecule has 2 unspecified atom stereocenters. The third kappa shape index (κ3) is 3.67. The first-order valence-electron chi connectivity index (χ1n) is 5.34. The summed E-state index contributed by atoms with van der Waals surface area (Å²) < 4.78 is 57.8. The van der Waals surface area contributed by atoms with Crippen molar-refractivity contribution in [3.05, 3.63) is 12.2 Å².